The summed E-state index contributed by atoms with van der Waals surface area (Å²) >= 11 is 1.58. The van der Waals surface area contributed by atoms with Gasteiger partial charge in [-0.05, 0) is 50.1 Å². The van der Waals surface area contributed by atoms with Gasteiger partial charge in [0, 0.05) is 4.88 Å². The lowest BCUT2D eigenvalue weighted by molar-refractivity contribution is -0.119. The normalized spacial score (nSPS) is 25.0. The standard InChI is InChI=1S/C15H19N3OS/c1-9-4-3-7-17-13(9)14(19)18-15-11(8-16)10-5-2-6-12(10)20-15/h9,13,17H,2-7H2,1H3,(H,18,19). The van der Waals surface area contributed by atoms with Crippen LogP contribution in [0.15, 0.2) is 0 Å². The monoisotopic (exact) mass is 289 g/mol. The van der Waals surface area contributed by atoms with Crippen LogP contribution in [0.1, 0.15) is 42.2 Å². The van der Waals surface area contributed by atoms with E-state index in [1.807, 2.05) is 0 Å². The fraction of sp³-hybridized carbons (Fsp3) is 0.600. The summed E-state index contributed by atoms with van der Waals surface area (Å²) < 4.78 is 0. The molecular formula is C15H19N3OS. The fourth-order valence-corrected chi connectivity index (χ4v) is 4.44. The molecule has 2 atom stereocenters. The Labute approximate surface area is 123 Å². The minimum atomic E-state index is -0.132. The van der Waals surface area contributed by atoms with Crippen molar-refractivity contribution in [3.8, 4) is 6.07 Å². The molecule has 0 saturated carbocycles. The molecule has 2 aliphatic rings. The first-order valence-electron chi connectivity index (χ1n) is 7.29. The van der Waals surface area contributed by atoms with Crippen LogP contribution in [0.3, 0.4) is 0 Å². The summed E-state index contributed by atoms with van der Waals surface area (Å²) in [6.45, 7) is 3.00. The number of anilines is 1. The average Bonchev–Trinajstić information content (AvgIpc) is 2.99. The van der Waals surface area contributed by atoms with Gasteiger partial charge in [-0.3, -0.25) is 4.79 Å². The van der Waals surface area contributed by atoms with Gasteiger partial charge in [0.1, 0.15) is 11.1 Å². The number of fused-ring (bicyclic) bond motifs is 1. The van der Waals surface area contributed by atoms with E-state index in [0.29, 0.717) is 11.5 Å². The molecule has 2 heterocycles. The van der Waals surface area contributed by atoms with Gasteiger partial charge in [-0.2, -0.15) is 5.26 Å². The molecule has 1 aromatic rings. The van der Waals surface area contributed by atoms with Gasteiger partial charge in [-0.25, -0.2) is 0 Å². The molecule has 20 heavy (non-hydrogen) atoms. The van der Waals surface area contributed by atoms with Crippen LogP contribution >= 0.6 is 11.3 Å². The number of piperidine rings is 1. The molecular weight excluding hydrogens is 270 g/mol. The number of carbonyl (C=O) groups excluding carboxylic acids is 1. The Kier molecular flexibility index (Phi) is 3.77. The molecule has 0 aromatic carbocycles. The van der Waals surface area contributed by atoms with Gasteiger partial charge < -0.3 is 10.6 Å². The molecule has 1 saturated heterocycles. The minimum absolute atomic E-state index is 0.00798. The number of carbonyl (C=O) groups is 1. The van der Waals surface area contributed by atoms with Gasteiger partial charge in [0.15, 0.2) is 0 Å². The van der Waals surface area contributed by atoms with Crippen molar-refractivity contribution in [3.63, 3.8) is 0 Å². The summed E-state index contributed by atoms with van der Waals surface area (Å²) in [4.78, 5) is 13.7. The Morgan fingerprint density at radius 2 is 2.30 bits per heavy atom. The number of nitrogens with zero attached hydrogens (tertiary/aromatic N) is 1. The van der Waals surface area contributed by atoms with Crippen molar-refractivity contribution in [1.82, 2.24) is 5.32 Å². The summed E-state index contributed by atoms with van der Waals surface area (Å²) in [6.07, 6.45) is 5.36. The summed E-state index contributed by atoms with van der Waals surface area (Å²) in [5.41, 5.74) is 1.86. The van der Waals surface area contributed by atoms with E-state index in [-0.39, 0.29) is 11.9 Å². The highest BCUT2D eigenvalue weighted by atomic mass is 32.1. The highest BCUT2D eigenvalue weighted by Crippen LogP contribution is 2.38. The van der Waals surface area contributed by atoms with Crippen molar-refractivity contribution in [2.24, 2.45) is 5.92 Å². The molecule has 5 heteroatoms. The third kappa shape index (κ3) is 2.34. The summed E-state index contributed by atoms with van der Waals surface area (Å²) in [5.74, 6) is 0.356. The Balaban J connectivity index is 1.78. The molecule has 1 amide bonds. The zero-order chi connectivity index (χ0) is 14.1. The van der Waals surface area contributed by atoms with Crippen LogP contribution in [0.2, 0.25) is 0 Å². The van der Waals surface area contributed by atoms with Gasteiger partial charge in [0.05, 0.1) is 11.6 Å². The van der Waals surface area contributed by atoms with Gasteiger partial charge >= 0.3 is 0 Å². The molecule has 3 rings (SSSR count). The van der Waals surface area contributed by atoms with E-state index in [9.17, 15) is 10.1 Å². The van der Waals surface area contributed by atoms with E-state index in [1.54, 1.807) is 11.3 Å². The first kappa shape index (κ1) is 13.6. The van der Waals surface area contributed by atoms with Crippen molar-refractivity contribution < 1.29 is 4.79 Å². The first-order chi connectivity index (χ1) is 9.70. The zero-order valence-electron chi connectivity index (χ0n) is 11.7. The van der Waals surface area contributed by atoms with E-state index in [2.05, 4.69) is 23.6 Å². The molecule has 1 fully saturated rings. The number of aryl methyl sites for hydroxylation is 1. The molecule has 106 valence electrons. The number of nitrogens with one attached hydrogen (secondary N) is 2. The summed E-state index contributed by atoms with van der Waals surface area (Å²) in [7, 11) is 0. The number of hydrogen-bond acceptors (Lipinski definition) is 4. The molecule has 1 aliphatic heterocycles. The van der Waals surface area contributed by atoms with E-state index in [1.165, 1.54) is 4.88 Å². The second kappa shape index (κ2) is 5.55. The molecule has 1 aliphatic carbocycles. The van der Waals surface area contributed by atoms with Crippen LogP contribution < -0.4 is 10.6 Å². The highest BCUT2D eigenvalue weighted by molar-refractivity contribution is 7.16. The number of nitriles is 1. The quantitative estimate of drug-likeness (QED) is 0.879. The minimum Gasteiger partial charge on any atom is -0.315 e. The van der Waals surface area contributed by atoms with Gasteiger partial charge in [-0.15, -0.1) is 11.3 Å². The number of hydrogen-bond donors (Lipinski definition) is 2. The Bertz CT molecular complexity index is 572. The van der Waals surface area contributed by atoms with Crippen molar-refractivity contribution in [2.45, 2.75) is 45.1 Å². The molecule has 4 nitrogen and oxygen atoms in total. The van der Waals surface area contributed by atoms with E-state index in [4.69, 9.17) is 0 Å². The molecule has 1 aromatic heterocycles. The first-order valence-corrected chi connectivity index (χ1v) is 8.11. The number of rotatable bonds is 2. The fourth-order valence-electron chi connectivity index (χ4n) is 3.20. The third-order valence-corrected chi connectivity index (χ3v) is 5.53. The Morgan fingerprint density at radius 1 is 1.45 bits per heavy atom. The molecule has 2 unspecified atom stereocenters. The number of amides is 1. The van der Waals surface area contributed by atoms with Crippen LogP contribution in [0, 0.1) is 17.2 Å². The lowest BCUT2D eigenvalue weighted by Gasteiger charge is -2.28. The molecule has 0 radical (unpaired) electrons. The predicted octanol–water partition coefficient (Wildman–Crippen LogP) is 2.44. The van der Waals surface area contributed by atoms with E-state index >= 15 is 0 Å². The van der Waals surface area contributed by atoms with Gasteiger partial charge in [-0.1, -0.05) is 6.92 Å². The maximum absolute atomic E-state index is 12.4. The van der Waals surface area contributed by atoms with Crippen molar-refractivity contribution >= 4 is 22.2 Å². The third-order valence-electron chi connectivity index (χ3n) is 4.32. The second-order valence-corrected chi connectivity index (χ2v) is 6.82. The van der Waals surface area contributed by atoms with E-state index < -0.39 is 0 Å². The topological polar surface area (TPSA) is 64.9 Å². The lowest BCUT2D eigenvalue weighted by atomic mass is 9.92. The molecule has 0 bridgehead atoms. The predicted molar refractivity (Wildman–Crippen MR) is 79.9 cm³/mol. The largest absolute Gasteiger partial charge is 0.315 e. The average molecular weight is 289 g/mol. The van der Waals surface area contributed by atoms with E-state index in [0.717, 1.165) is 49.2 Å². The smallest absolute Gasteiger partial charge is 0.242 e. The molecule has 0 spiro atoms. The zero-order valence-corrected chi connectivity index (χ0v) is 12.5. The van der Waals surface area contributed by atoms with Crippen molar-refractivity contribution in [3.05, 3.63) is 16.0 Å². The number of thiophene rings is 1. The van der Waals surface area contributed by atoms with Gasteiger partial charge in [0.2, 0.25) is 5.91 Å². The van der Waals surface area contributed by atoms with Crippen LogP contribution in [0.25, 0.3) is 0 Å². The lowest BCUT2D eigenvalue weighted by Crippen LogP contribution is -2.48. The maximum Gasteiger partial charge on any atom is 0.242 e. The highest BCUT2D eigenvalue weighted by Gasteiger charge is 2.29. The van der Waals surface area contributed by atoms with Crippen molar-refractivity contribution in [2.75, 3.05) is 11.9 Å². The molecule has 2 N–H and O–H groups in total. The second-order valence-electron chi connectivity index (χ2n) is 5.71. The van der Waals surface area contributed by atoms with Crippen LogP contribution in [0.5, 0.6) is 0 Å². The Hall–Kier alpha value is -1.38. The van der Waals surface area contributed by atoms with Crippen LogP contribution in [-0.2, 0) is 17.6 Å². The van der Waals surface area contributed by atoms with Gasteiger partial charge in [0.25, 0.3) is 0 Å². The SMILES string of the molecule is CC1CCCNC1C(=O)Nc1sc2c(c1C#N)CCC2. The van der Waals surface area contributed by atoms with Crippen LogP contribution in [0.4, 0.5) is 5.00 Å². The summed E-state index contributed by atoms with van der Waals surface area (Å²) in [6, 6.07) is 2.14. The van der Waals surface area contributed by atoms with Crippen molar-refractivity contribution in [1.29, 1.82) is 5.26 Å². The Morgan fingerprint density at radius 3 is 3.05 bits per heavy atom. The van der Waals surface area contributed by atoms with Crippen LogP contribution in [-0.4, -0.2) is 18.5 Å². The summed E-state index contributed by atoms with van der Waals surface area (Å²) in [5, 5.41) is 16.4. The maximum atomic E-state index is 12.4.